The van der Waals surface area contributed by atoms with Crippen molar-refractivity contribution in [1.82, 2.24) is 15.2 Å². The maximum absolute atomic E-state index is 13.0. The Morgan fingerprint density at radius 1 is 1.15 bits per heavy atom. The number of nitrogens with zero attached hydrogens (tertiary/aromatic N) is 4. The first-order valence-electron chi connectivity index (χ1n) is 10.3. The van der Waals surface area contributed by atoms with Gasteiger partial charge in [0.2, 0.25) is 0 Å². The highest BCUT2D eigenvalue weighted by molar-refractivity contribution is 7.99. The van der Waals surface area contributed by atoms with Gasteiger partial charge in [-0.1, -0.05) is 23.9 Å². The lowest BCUT2D eigenvalue weighted by molar-refractivity contribution is -0.130. The molecule has 0 aliphatic carbocycles. The number of thioether (sulfide) groups is 1. The molecule has 1 amide bonds. The standard InChI is InChI=1S/C23H20N4O5S/c1-15-5-2-6-16(11-15)31-13-21-24-25-23(32-21)33-14-22(28)27-18(20-8-4-10-30-20)12-17(26-27)19-7-3-9-29-19/h2-11,18H,12-14H2,1H3/t18-/m0/s1. The van der Waals surface area contributed by atoms with Gasteiger partial charge in [0.25, 0.3) is 17.0 Å². The fourth-order valence-electron chi connectivity index (χ4n) is 3.43. The van der Waals surface area contributed by atoms with Crippen molar-refractivity contribution in [3.63, 3.8) is 0 Å². The number of hydrazone groups is 1. The van der Waals surface area contributed by atoms with E-state index < -0.39 is 0 Å². The molecule has 1 aliphatic rings. The Morgan fingerprint density at radius 2 is 2.03 bits per heavy atom. The molecule has 0 N–H and O–H groups in total. The molecular weight excluding hydrogens is 444 g/mol. The second-order valence-electron chi connectivity index (χ2n) is 7.35. The summed E-state index contributed by atoms with van der Waals surface area (Å²) in [5.41, 5.74) is 1.79. The minimum atomic E-state index is -0.339. The first-order chi connectivity index (χ1) is 16.2. The van der Waals surface area contributed by atoms with Crippen LogP contribution in [0.15, 0.2) is 84.6 Å². The van der Waals surface area contributed by atoms with Crippen LogP contribution >= 0.6 is 11.8 Å². The van der Waals surface area contributed by atoms with Crippen molar-refractivity contribution in [2.24, 2.45) is 5.10 Å². The third-order valence-electron chi connectivity index (χ3n) is 4.96. The second-order valence-corrected chi connectivity index (χ2v) is 8.28. The molecule has 1 atom stereocenters. The number of amides is 1. The zero-order chi connectivity index (χ0) is 22.6. The van der Waals surface area contributed by atoms with Crippen molar-refractivity contribution in [3.05, 3.63) is 84.0 Å². The number of benzene rings is 1. The number of aryl methyl sites for hydroxylation is 1. The van der Waals surface area contributed by atoms with E-state index in [1.54, 1.807) is 24.7 Å². The SMILES string of the molecule is Cc1cccc(OCc2nnc(SCC(=O)N3N=C(c4ccco4)C[C@H]3c3ccco3)o2)c1. The van der Waals surface area contributed by atoms with Crippen LogP contribution in [-0.4, -0.2) is 32.6 Å². The topological polar surface area (TPSA) is 107 Å². The average Bonchev–Trinajstić information content (AvgIpc) is 3.62. The number of aromatic nitrogens is 2. The Balaban J connectivity index is 1.21. The van der Waals surface area contributed by atoms with Crippen LogP contribution in [0.2, 0.25) is 0 Å². The molecule has 1 aromatic carbocycles. The van der Waals surface area contributed by atoms with Crippen molar-refractivity contribution < 1.29 is 22.8 Å². The molecule has 4 aromatic rings. The van der Waals surface area contributed by atoms with E-state index in [-0.39, 0.29) is 29.5 Å². The van der Waals surface area contributed by atoms with Gasteiger partial charge in [0.05, 0.1) is 18.3 Å². The molecule has 0 saturated carbocycles. The smallest absolute Gasteiger partial charge is 0.277 e. The van der Waals surface area contributed by atoms with Crippen molar-refractivity contribution in [3.8, 4) is 5.75 Å². The fraction of sp³-hybridized carbons (Fsp3) is 0.217. The van der Waals surface area contributed by atoms with E-state index in [4.69, 9.17) is 18.0 Å². The van der Waals surface area contributed by atoms with Crippen LogP contribution in [0.5, 0.6) is 5.75 Å². The van der Waals surface area contributed by atoms with E-state index in [2.05, 4.69) is 15.3 Å². The summed E-state index contributed by atoms with van der Waals surface area (Å²) < 4.78 is 22.3. The van der Waals surface area contributed by atoms with Gasteiger partial charge in [0.1, 0.15) is 29.0 Å². The Hall–Kier alpha value is -3.79. The van der Waals surface area contributed by atoms with Gasteiger partial charge in [-0.15, -0.1) is 10.2 Å². The highest BCUT2D eigenvalue weighted by Crippen LogP contribution is 2.34. The lowest BCUT2D eigenvalue weighted by Crippen LogP contribution is -2.28. The van der Waals surface area contributed by atoms with Gasteiger partial charge in [-0.05, 0) is 48.9 Å². The number of hydrogen-bond acceptors (Lipinski definition) is 9. The zero-order valence-electron chi connectivity index (χ0n) is 17.7. The molecule has 33 heavy (non-hydrogen) atoms. The maximum Gasteiger partial charge on any atom is 0.277 e. The van der Waals surface area contributed by atoms with Gasteiger partial charge in [-0.2, -0.15) is 5.10 Å². The molecule has 0 radical (unpaired) electrons. The number of furan rings is 2. The third kappa shape index (κ3) is 4.85. The van der Waals surface area contributed by atoms with Crippen LogP contribution < -0.4 is 4.74 Å². The zero-order valence-corrected chi connectivity index (χ0v) is 18.5. The molecule has 0 bridgehead atoms. The second kappa shape index (κ2) is 9.37. The van der Waals surface area contributed by atoms with Gasteiger partial charge in [0, 0.05) is 6.42 Å². The predicted molar refractivity (Wildman–Crippen MR) is 119 cm³/mol. The fourth-order valence-corrected chi connectivity index (χ4v) is 4.06. The Labute approximate surface area is 193 Å². The van der Waals surface area contributed by atoms with Crippen molar-refractivity contribution in [2.45, 2.75) is 31.2 Å². The van der Waals surface area contributed by atoms with E-state index in [9.17, 15) is 4.79 Å². The predicted octanol–water partition coefficient (Wildman–Crippen LogP) is 4.61. The summed E-state index contributed by atoms with van der Waals surface area (Å²) >= 11 is 1.15. The van der Waals surface area contributed by atoms with E-state index >= 15 is 0 Å². The average molecular weight is 465 g/mol. The Bertz CT molecular complexity index is 1250. The van der Waals surface area contributed by atoms with E-state index in [0.29, 0.717) is 29.5 Å². The van der Waals surface area contributed by atoms with Gasteiger partial charge in [0.15, 0.2) is 6.61 Å². The monoisotopic (exact) mass is 464 g/mol. The molecule has 10 heteroatoms. The maximum atomic E-state index is 13.0. The number of carbonyl (C=O) groups is 1. The van der Waals surface area contributed by atoms with Crippen molar-refractivity contribution >= 4 is 23.4 Å². The normalized spacial score (nSPS) is 15.6. The largest absolute Gasteiger partial charge is 0.484 e. The van der Waals surface area contributed by atoms with E-state index in [0.717, 1.165) is 23.1 Å². The third-order valence-corrected chi connectivity index (χ3v) is 5.77. The molecule has 0 unspecified atom stereocenters. The molecule has 5 rings (SSSR count). The first kappa shape index (κ1) is 21.1. The summed E-state index contributed by atoms with van der Waals surface area (Å²) in [5.74, 6) is 2.21. The number of ether oxygens (including phenoxy) is 1. The van der Waals surface area contributed by atoms with Crippen LogP contribution in [0, 0.1) is 6.92 Å². The minimum absolute atomic E-state index is 0.0759. The first-order valence-corrected chi connectivity index (χ1v) is 11.3. The van der Waals surface area contributed by atoms with Crippen LogP contribution in [0.3, 0.4) is 0 Å². The summed E-state index contributed by atoms with van der Waals surface area (Å²) in [7, 11) is 0. The molecule has 4 heterocycles. The van der Waals surface area contributed by atoms with Crippen LogP contribution in [0.4, 0.5) is 0 Å². The Kier molecular flexibility index (Phi) is 5.99. The lowest BCUT2D eigenvalue weighted by Gasteiger charge is -2.19. The molecule has 3 aromatic heterocycles. The van der Waals surface area contributed by atoms with Crippen LogP contribution in [0.1, 0.15) is 35.4 Å². The molecule has 0 saturated heterocycles. The van der Waals surface area contributed by atoms with Crippen LogP contribution in [0.25, 0.3) is 0 Å². The molecule has 9 nitrogen and oxygen atoms in total. The van der Waals surface area contributed by atoms with E-state index in [1.807, 2.05) is 43.3 Å². The van der Waals surface area contributed by atoms with Crippen LogP contribution in [-0.2, 0) is 11.4 Å². The summed E-state index contributed by atoms with van der Waals surface area (Å²) in [6.07, 6.45) is 3.66. The number of rotatable bonds is 8. The molecule has 168 valence electrons. The van der Waals surface area contributed by atoms with Gasteiger partial charge >= 0.3 is 0 Å². The summed E-state index contributed by atoms with van der Waals surface area (Å²) in [6, 6.07) is 14.6. The van der Waals surface area contributed by atoms with Gasteiger partial charge in [-0.25, -0.2) is 5.01 Å². The van der Waals surface area contributed by atoms with Crippen molar-refractivity contribution in [2.75, 3.05) is 5.75 Å². The quantitative estimate of drug-likeness (QED) is 0.348. The lowest BCUT2D eigenvalue weighted by atomic mass is 10.1. The highest BCUT2D eigenvalue weighted by Gasteiger charge is 2.35. The number of hydrogen-bond donors (Lipinski definition) is 0. The molecular formula is C23H20N4O5S. The molecule has 1 aliphatic heterocycles. The molecule has 0 fully saturated rings. The van der Waals surface area contributed by atoms with Gasteiger partial charge in [-0.3, -0.25) is 4.79 Å². The minimum Gasteiger partial charge on any atom is -0.484 e. The summed E-state index contributed by atoms with van der Waals surface area (Å²) in [5, 5.41) is 14.2. The Morgan fingerprint density at radius 3 is 2.82 bits per heavy atom. The summed E-state index contributed by atoms with van der Waals surface area (Å²) in [6.45, 7) is 2.14. The highest BCUT2D eigenvalue weighted by atomic mass is 32.2. The number of carbonyl (C=O) groups excluding carboxylic acids is 1. The van der Waals surface area contributed by atoms with Crippen molar-refractivity contribution in [1.29, 1.82) is 0 Å². The van der Waals surface area contributed by atoms with E-state index in [1.165, 1.54) is 5.01 Å². The van der Waals surface area contributed by atoms with Gasteiger partial charge < -0.3 is 18.0 Å². The summed E-state index contributed by atoms with van der Waals surface area (Å²) in [4.78, 5) is 13.0. The molecule has 0 spiro atoms.